The van der Waals surface area contributed by atoms with Crippen molar-refractivity contribution in [2.45, 2.75) is 0 Å². The number of halogens is 4. The fourth-order valence-electron chi connectivity index (χ4n) is 1.40. The Morgan fingerprint density at radius 2 is 1.84 bits per heavy atom. The van der Waals surface area contributed by atoms with E-state index in [1.165, 1.54) is 6.07 Å². The third-order valence-electron chi connectivity index (χ3n) is 2.25. The number of hydrogen-bond acceptors (Lipinski definition) is 2. The average molecular weight is 331 g/mol. The lowest BCUT2D eigenvalue weighted by molar-refractivity contribution is 0.102. The Morgan fingerprint density at radius 1 is 1.21 bits per heavy atom. The number of carbonyl (C=O) groups is 1. The Labute approximate surface area is 114 Å². The number of pyridine rings is 1. The molecular weight excluding hydrogens is 325 g/mol. The molecule has 0 saturated heterocycles. The zero-order valence-electron chi connectivity index (χ0n) is 9.25. The number of aromatic nitrogens is 1. The molecule has 1 amide bonds. The monoisotopic (exact) mass is 330 g/mol. The minimum absolute atomic E-state index is 0.188. The number of benzene rings is 1. The lowest BCUT2D eigenvalue weighted by Crippen LogP contribution is -2.16. The molecule has 98 valence electrons. The third kappa shape index (κ3) is 2.93. The maximum atomic E-state index is 13.5. The van der Waals surface area contributed by atoms with Crippen LogP contribution in [0.3, 0.4) is 0 Å². The number of carbonyl (C=O) groups excluding carboxylic acids is 1. The SMILES string of the molecule is O=C(Nc1c(F)cc(Br)cc1F)c1cccnc1F. The molecule has 0 saturated carbocycles. The standard InChI is InChI=1S/C12H6BrF3N2O/c13-6-4-8(14)10(9(15)5-6)18-12(19)7-2-1-3-17-11(7)16/h1-5H,(H,18,19). The minimum atomic E-state index is -1.02. The largest absolute Gasteiger partial charge is 0.317 e. The molecule has 0 aliphatic heterocycles. The van der Waals surface area contributed by atoms with Crippen LogP contribution >= 0.6 is 15.9 Å². The Hall–Kier alpha value is -1.89. The molecule has 1 heterocycles. The molecule has 19 heavy (non-hydrogen) atoms. The highest BCUT2D eigenvalue weighted by molar-refractivity contribution is 9.10. The first-order chi connectivity index (χ1) is 8.99. The van der Waals surface area contributed by atoms with Gasteiger partial charge in [-0.3, -0.25) is 4.79 Å². The van der Waals surface area contributed by atoms with Gasteiger partial charge in [-0.1, -0.05) is 15.9 Å². The molecule has 3 nitrogen and oxygen atoms in total. The topological polar surface area (TPSA) is 42.0 Å². The van der Waals surface area contributed by atoms with Crippen molar-refractivity contribution in [1.82, 2.24) is 4.98 Å². The van der Waals surface area contributed by atoms with E-state index in [0.29, 0.717) is 0 Å². The van der Waals surface area contributed by atoms with Crippen molar-refractivity contribution in [2.24, 2.45) is 0 Å². The molecule has 0 spiro atoms. The molecule has 0 unspecified atom stereocenters. The number of rotatable bonds is 2. The number of nitrogens with one attached hydrogen (secondary N) is 1. The lowest BCUT2D eigenvalue weighted by Gasteiger charge is -2.08. The average Bonchev–Trinajstić information content (AvgIpc) is 2.34. The normalized spacial score (nSPS) is 10.3. The van der Waals surface area contributed by atoms with Crippen LogP contribution in [-0.4, -0.2) is 10.9 Å². The van der Waals surface area contributed by atoms with E-state index in [4.69, 9.17) is 0 Å². The molecular formula is C12H6BrF3N2O. The van der Waals surface area contributed by atoms with E-state index < -0.39 is 34.7 Å². The van der Waals surface area contributed by atoms with Crippen LogP contribution in [0, 0.1) is 17.6 Å². The van der Waals surface area contributed by atoms with Crippen molar-refractivity contribution in [3.63, 3.8) is 0 Å². The molecule has 2 aromatic rings. The third-order valence-corrected chi connectivity index (χ3v) is 2.71. The van der Waals surface area contributed by atoms with Gasteiger partial charge >= 0.3 is 0 Å². The van der Waals surface area contributed by atoms with Gasteiger partial charge < -0.3 is 5.32 Å². The van der Waals surface area contributed by atoms with Gasteiger partial charge in [0.15, 0.2) is 11.6 Å². The van der Waals surface area contributed by atoms with Crippen LogP contribution in [0.1, 0.15) is 10.4 Å². The van der Waals surface area contributed by atoms with Gasteiger partial charge in [0.25, 0.3) is 5.91 Å². The van der Waals surface area contributed by atoms with E-state index in [-0.39, 0.29) is 4.47 Å². The van der Waals surface area contributed by atoms with Crippen LogP contribution in [0.25, 0.3) is 0 Å². The van der Waals surface area contributed by atoms with E-state index in [1.807, 2.05) is 5.32 Å². The predicted octanol–water partition coefficient (Wildman–Crippen LogP) is 3.51. The summed E-state index contributed by atoms with van der Waals surface area (Å²) in [5.74, 6) is -3.93. The van der Waals surface area contributed by atoms with E-state index in [2.05, 4.69) is 20.9 Å². The first-order valence-electron chi connectivity index (χ1n) is 5.05. The second-order valence-electron chi connectivity index (χ2n) is 3.54. The van der Waals surface area contributed by atoms with Crippen LogP contribution in [0.2, 0.25) is 0 Å². The van der Waals surface area contributed by atoms with Gasteiger partial charge in [0, 0.05) is 10.7 Å². The van der Waals surface area contributed by atoms with Crippen molar-refractivity contribution in [1.29, 1.82) is 0 Å². The predicted molar refractivity (Wildman–Crippen MR) is 66.2 cm³/mol. The fourth-order valence-corrected chi connectivity index (χ4v) is 1.80. The summed E-state index contributed by atoms with van der Waals surface area (Å²) in [6.07, 6.45) is 1.16. The van der Waals surface area contributed by atoms with Gasteiger partial charge in [-0.2, -0.15) is 4.39 Å². The Kier molecular flexibility index (Phi) is 3.84. The first-order valence-corrected chi connectivity index (χ1v) is 5.84. The van der Waals surface area contributed by atoms with Crippen LogP contribution in [0.15, 0.2) is 34.9 Å². The molecule has 0 aliphatic rings. The van der Waals surface area contributed by atoms with Crippen molar-refractivity contribution in [3.05, 3.63) is 58.1 Å². The Bertz CT molecular complexity index is 626. The van der Waals surface area contributed by atoms with Crippen molar-refractivity contribution in [3.8, 4) is 0 Å². The van der Waals surface area contributed by atoms with E-state index >= 15 is 0 Å². The highest BCUT2D eigenvalue weighted by Gasteiger charge is 2.17. The van der Waals surface area contributed by atoms with E-state index in [9.17, 15) is 18.0 Å². The van der Waals surface area contributed by atoms with Crippen molar-refractivity contribution < 1.29 is 18.0 Å². The summed E-state index contributed by atoms with van der Waals surface area (Å²) < 4.78 is 40.4. The van der Waals surface area contributed by atoms with Gasteiger partial charge in [0.1, 0.15) is 5.69 Å². The van der Waals surface area contributed by atoms with Crippen LogP contribution in [-0.2, 0) is 0 Å². The highest BCUT2D eigenvalue weighted by atomic mass is 79.9. The molecule has 1 aromatic heterocycles. The summed E-state index contributed by atoms with van der Waals surface area (Å²) in [5, 5.41) is 1.97. The summed E-state index contributed by atoms with van der Waals surface area (Å²) in [7, 11) is 0. The molecule has 1 aromatic carbocycles. The van der Waals surface area contributed by atoms with Crippen molar-refractivity contribution >= 4 is 27.5 Å². The highest BCUT2D eigenvalue weighted by Crippen LogP contribution is 2.24. The van der Waals surface area contributed by atoms with Gasteiger partial charge in [0.05, 0.1) is 5.56 Å². The minimum Gasteiger partial charge on any atom is -0.317 e. The van der Waals surface area contributed by atoms with Crippen LogP contribution < -0.4 is 5.32 Å². The summed E-state index contributed by atoms with van der Waals surface area (Å²) in [5.41, 5.74) is -1.04. The molecule has 1 N–H and O–H groups in total. The summed E-state index contributed by atoms with van der Waals surface area (Å²) in [6.45, 7) is 0. The summed E-state index contributed by atoms with van der Waals surface area (Å²) in [4.78, 5) is 15.0. The quantitative estimate of drug-likeness (QED) is 0.856. The smallest absolute Gasteiger partial charge is 0.260 e. The molecule has 7 heteroatoms. The van der Waals surface area contributed by atoms with Gasteiger partial charge in [-0.15, -0.1) is 0 Å². The molecule has 0 aliphatic carbocycles. The van der Waals surface area contributed by atoms with Gasteiger partial charge in [0.2, 0.25) is 5.95 Å². The maximum Gasteiger partial charge on any atom is 0.260 e. The number of anilines is 1. The fraction of sp³-hybridized carbons (Fsp3) is 0. The van der Waals surface area contributed by atoms with Gasteiger partial charge in [-0.05, 0) is 24.3 Å². The molecule has 0 bridgehead atoms. The van der Waals surface area contributed by atoms with E-state index in [1.54, 1.807) is 0 Å². The summed E-state index contributed by atoms with van der Waals surface area (Å²) >= 11 is 2.91. The number of nitrogens with zero attached hydrogens (tertiary/aromatic N) is 1. The zero-order chi connectivity index (χ0) is 14.0. The van der Waals surface area contributed by atoms with Crippen LogP contribution in [0.4, 0.5) is 18.9 Å². The van der Waals surface area contributed by atoms with Crippen LogP contribution in [0.5, 0.6) is 0 Å². The lowest BCUT2D eigenvalue weighted by atomic mass is 10.2. The Balaban J connectivity index is 2.32. The maximum absolute atomic E-state index is 13.5. The second-order valence-corrected chi connectivity index (χ2v) is 4.46. The number of amides is 1. The first kappa shape index (κ1) is 13.5. The number of hydrogen-bond donors (Lipinski definition) is 1. The molecule has 0 radical (unpaired) electrons. The Morgan fingerprint density at radius 3 is 2.42 bits per heavy atom. The molecule has 0 atom stereocenters. The van der Waals surface area contributed by atoms with E-state index in [0.717, 1.165) is 24.4 Å². The summed E-state index contributed by atoms with van der Waals surface area (Å²) in [6, 6.07) is 4.47. The molecule has 2 rings (SSSR count). The molecule has 0 fully saturated rings. The van der Waals surface area contributed by atoms with Gasteiger partial charge in [-0.25, -0.2) is 13.8 Å². The van der Waals surface area contributed by atoms with Crippen molar-refractivity contribution in [2.75, 3.05) is 5.32 Å². The second kappa shape index (κ2) is 5.40. The zero-order valence-corrected chi connectivity index (χ0v) is 10.8.